The summed E-state index contributed by atoms with van der Waals surface area (Å²) in [4.78, 5) is 22.8. The van der Waals surface area contributed by atoms with Gasteiger partial charge in [-0.25, -0.2) is 0 Å². The molecule has 1 aliphatic carbocycles. The van der Waals surface area contributed by atoms with Crippen molar-refractivity contribution in [1.29, 1.82) is 0 Å². The van der Waals surface area contributed by atoms with Crippen LogP contribution in [0.1, 0.15) is 30.4 Å². The summed E-state index contributed by atoms with van der Waals surface area (Å²) in [6, 6.07) is 5.21. The molecular formula is C22H33F3IN5O. The number of alkyl halides is 3. The van der Waals surface area contributed by atoms with Crippen molar-refractivity contribution in [3.05, 3.63) is 35.4 Å². The quantitative estimate of drug-likeness (QED) is 0.326. The molecule has 10 heteroatoms. The number of amides is 1. The third kappa shape index (κ3) is 7.23. The van der Waals surface area contributed by atoms with Gasteiger partial charge in [-0.1, -0.05) is 18.6 Å². The molecule has 0 atom stereocenters. The smallest absolute Gasteiger partial charge is 0.355 e. The molecule has 0 aromatic heterocycles. The molecule has 1 aliphatic heterocycles. The van der Waals surface area contributed by atoms with E-state index in [0.717, 1.165) is 63.3 Å². The number of nitrogens with zero attached hydrogens (tertiary/aromatic N) is 4. The van der Waals surface area contributed by atoms with Gasteiger partial charge in [0.25, 0.3) is 0 Å². The average molecular weight is 567 g/mol. The topological polar surface area (TPSA) is 51.2 Å². The van der Waals surface area contributed by atoms with Crippen molar-refractivity contribution in [1.82, 2.24) is 20.0 Å². The summed E-state index contributed by atoms with van der Waals surface area (Å²) >= 11 is 0. The molecule has 1 aromatic rings. The zero-order chi connectivity index (χ0) is 22.4. The minimum Gasteiger partial charge on any atom is -0.355 e. The Labute approximate surface area is 205 Å². The Morgan fingerprint density at radius 1 is 1.16 bits per heavy atom. The van der Waals surface area contributed by atoms with Gasteiger partial charge in [-0.05, 0) is 30.5 Å². The SMILES string of the molecule is CN=C(NCCN1CCN(C(=O)C2CCC2)CC1)N(C)Cc1ccc(C(F)(F)F)cc1.I. The number of hydrogen-bond donors (Lipinski definition) is 1. The molecule has 2 aliphatic rings. The van der Waals surface area contributed by atoms with Gasteiger partial charge in [0.2, 0.25) is 5.91 Å². The molecule has 1 heterocycles. The van der Waals surface area contributed by atoms with E-state index in [1.165, 1.54) is 18.6 Å². The van der Waals surface area contributed by atoms with Crippen molar-refractivity contribution in [2.45, 2.75) is 32.0 Å². The van der Waals surface area contributed by atoms with Gasteiger partial charge in [0, 0.05) is 65.8 Å². The number of hydrogen-bond acceptors (Lipinski definition) is 3. The number of carbonyl (C=O) groups is 1. The minimum atomic E-state index is -4.32. The zero-order valence-electron chi connectivity index (χ0n) is 18.7. The Kier molecular flexibility index (Phi) is 10.1. The van der Waals surface area contributed by atoms with Gasteiger partial charge in [0.1, 0.15) is 0 Å². The predicted molar refractivity (Wildman–Crippen MR) is 130 cm³/mol. The monoisotopic (exact) mass is 567 g/mol. The van der Waals surface area contributed by atoms with Crippen molar-refractivity contribution in [3.8, 4) is 0 Å². The number of piperazine rings is 1. The van der Waals surface area contributed by atoms with E-state index in [1.807, 2.05) is 16.8 Å². The van der Waals surface area contributed by atoms with E-state index in [2.05, 4.69) is 15.2 Å². The van der Waals surface area contributed by atoms with E-state index in [9.17, 15) is 18.0 Å². The maximum absolute atomic E-state index is 12.7. The minimum absolute atomic E-state index is 0. The lowest BCUT2D eigenvalue weighted by Gasteiger charge is -2.38. The van der Waals surface area contributed by atoms with Gasteiger partial charge in [-0.3, -0.25) is 14.7 Å². The molecule has 3 rings (SSSR count). The Bertz CT molecular complexity index is 760. The number of carbonyl (C=O) groups excluding carboxylic acids is 1. The average Bonchev–Trinajstić information content (AvgIpc) is 2.70. The third-order valence-corrected chi connectivity index (χ3v) is 6.12. The van der Waals surface area contributed by atoms with Gasteiger partial charge in [-0.15, -0.1) is 24.0 Å². The van der Waals surface area contributed by atoms with Crippen molar-refractivity contribution in [2.75, 3.05) is 53.4 Å². The molecule has 32 heavy (non-hydrogen) atoms. The number of nitrogens with one attached hydrogen (secondary N) is 1. The summed E-state index contributed by atoms with van der Waals surface area (Å²) in [7, 11) is 3.55. The summed E-state index contributed by atoms with van der Waals surface area (Å²) in [5.41, 5.74) is 0.140. The first kappa shape index (κ1) is 26.7. The normalized spacial score (nSPS) is 18.0. The fourth-order valence-corrected chi connectivity index (χ4v) is 3.96. The van der Waals surface area contributed by atoms with Crippen molar-refractivity contribution >= 4 is 35.8 Å². The highest BCUT2D eigenvalue weighted by Crippen LogP contribution is 2.29. The van der Waals surface area contributed by atoms with E-state index in [4.69, 9.17) is 0 Å². The highest BCUT2D eigenvalue weighted by Gasteiger charge is 2.31. The molecule has 1 saturated carbocycles. The molecular weight excluding hydrogens is 534 g/mol. The van der Waals surface area contributed by atoms with Crippen LogP contribution in [0.15, 0.2) is 29.3 Å². The largest absolute Gasteiger partial charge is 0.416 e. The molecule has 6 nitrogen and oxygen atoms in total. The van der Waals surface area contributed by atoms with Crippen LogP contribution in [-0.2, 0) is 17.5 Å². The second-order valence-corrected chi connectivity index (χ2v) is 8.32. The molecule has 1 amide bonds. The number of guanidine groups is 1. The van der Waals surface area contributed by atoms with E-state index in [0.29, 0.717) is 25.0 Å². The van der Waals surface area contributed by atoms with Gasteiger partial charge in [0.15, 0.2) is 5.96 Å². The summed E-state index contributed by atoms with van der Waals surface area (Å²) in [6.07, 6.45) is -1.06. The maximum Gasteiger partial charge on any atom is 0.416 e. The lowest BCUT2D eigenvalue weighted by atomic mass is 9.84. The van der Waals surface area contributed by atoms with E-state index >= 15 is 0 Å². The molecule has 0 bridgehead atoms. The zero-order valence-corrected chi connectivity index (χ0v) is 21.0. The highest BCUT2D eigenvalue weighted by atomic mass is 127. The molecule has 1 saturated heterocycles. The van der Waals surface area contributed by atoms with E-state index < -0.39 is 11.7 Å². The van der Waals surface area contributed by atoms with E-state index in [-0.39, 0.29) is 29.9 Å². The molecule has 1 aromatic carbocycles. The summed E-state index contributed by atoms with van der Waals surface area (Å²) in [5, 5.41) is 3.32. The Morgan fingerprint density at radius 2 is 1.78 bits per heavy atom. The molecule has 2 fully saturated rings. The molecule has 180 valence electrons. The van der Waals surface area contributed by atoms with Gasteiger partial charge in [-0.2, -0.15) is 13.2 Å². The standard InChI is InChI=1S/C22H32F3N5O.HI/c1-26-21(28(2)16-17-6-8-19(9-7-17)22(23,24)25)27-10-11-29-12-14-30(15-13-29)20(31)18-4-3-5-18;/h6-9,18H,3-5,10-16H2,1-2H3,(H,26,27);1H. The number of benzene rings is 1. The predicted octanol–water partition coefficient (Wildman–Crippen LogP) is 3.27. The van der Waals surface area contributed by atoms with Crippen LogP contribution in [0.5, 0.6) is 0 Å². The second kappa shape index (κ2) is 12.1. The van der Waals surface area contributed by atoms with Gasteiger partial charge in [0.05, 0.1) is 5.56 Å². The molecule has 1 N–H and O–H groups in total. The Hall–Kier alpha value is -1.56. The molecule has 0 radical (unpaired) electrons. The molecule has 0 unspecified atom stereocenters. The first-order valence-electron chi connectivity index (χ1n) is 10.9. The molecule has 0 spiro atoms. The van der Waals surface area contributed by atoms with Crippen LogP contribution in [0.3, 0.4) is 0 Å². The highest BCUT2D eigenvalue weighted by molar-refractivity contribution is 14.0. The first-order chi connectivity index (χ1) is 14.8. The van der Waals surface area contributed by atoms with Crippen molar-refractivity contribution < 1.29 is 18.0 Å². The lowest BCUT2D eigenvalue weighted by Crippen LogP contribution is -2.52. The van der Waals surface area contributed by atoms with Crippen LogP contribution >= 0.6 is 24.0 Å². The van der Waals surface area contributed by atoms with Crippen LogP contribution in [-0.4, -0.2) is 79.9 Å². The summed E-state index contributed by atoms with van der Waals surface area (Å²) in [5.74, 6) is 1.28. The summed E-state index contributed by atoms with van der Waals surface area (Å²) < 4.78 is 38.1. The Balaban J connectivity index is 0.00000363. The first-order valence-corrected chi connectivity index (χ1v) is 10.9. The fraction of sp³-hybridized carbons (Fsp3) is 0.636. The Morgan fingerprint density at radius 3 is 2.28 bits per heavy atom. The van der Waals surface area contributed by atoms with Crippen LogP contribution in [0, 0.1) is 5.92 Å². The van der Waals surface area contributed by atoms with Crippen LogP contribution in [0.2, 0.25) is 0 Å². The van der Waals surface area contributed by atoms with Gasteiger partial charge < -0.3 is 15.1 Å². The fourth-order valence-electron chi connectivity index (χ4n) is 3.96. The van der Waals surface area contributed by atoms with Crippen molar-refractivity contribution in [2.24, 2.45) is 10.9 Å². The summed E-state index contributed by atoms with van der Waals surface area (Å²) in [6.45, 7) is 5.34. The van der Waals surface area contributed by atoms with Crippen LogP contribution < -0.4 is 5.32 Å². The van der Waals surface area contributed by atoms with Crippen LogP contribution in [0.4, 0.5) is 13.2 Å². The third-order valence-electron chi connectivity index (χ3n) is 6.12. The van der Waals surface area contributed by atoms with E-state index in [1.54, 1.807) is 7.05 Å². The van der Waals surface area contributed by atoms with Gasteiger partial charge >= 0.3 is 6.18 Å². The number of rotatable bonds is 6. The number of halogens is 4. The number of aliphatic imine (C=N–C) groups is 1. The second-order valence-electron chi connectivity index (χ2n) is 8.32. The lowest BCUT2D eigenvalue weighted by molar-refractivity contribution is -0.140. The maximum atomic E-state index is 12.7. The van der Waals surface area contributed by atoms with Crippen molar-refractivity contribution in [3.63, 3.8) is 0 Å². The van der Waals surface area contributed by atoms with Crippen LogP contribution in [0.25, 0.3) is 0 Å².